The predicted octanol–water partition coefficient (Wildman–Crippen LogP) is 3.55. The molecule has 1 rings (SSSR count). The van der Waals surface area contributed by atoms with Crippen molar-refractivity contribution in [2.45, 2.75) is 40.5 Å². The first-order chi connectivity index (χ1) is 9.85. The van der Waals surface area contributed by atoms with Gasteiger partial charge in [0, 0.05) is 6.42 Å². The molecule has 0 heterocycles. The maximum atomic E-state index is 12.3. The second-order valence-corrected chi connectivity index (χ2v) is 5.67. The molecule has 0 aliphatic heterocycles. The summed E-state index contributed by atoms with van der Waals surface area (Å²) < 4.78 is 10.7. The lowest BCUT2D eigenvalue weighted by molar-refractivity contribution is -0.140. The highest BCUT2D eigenvalue weighted by molar-refractivity contribution is 5.79. The molecular formula is C17H24O4. The van der Waals surface area contributed by atoms with Gasteiger partial charge < -0.3 is 14.3 Å². The van der Waals surface area contributed by atoms with Crippen molar-refractivity contribution in [3.63, 3.8) is 0 Å². The summed E-state index contributed by atoms with van der Waals surface area (Å²) in [6, 6.07) is 5.42. The molecule has 0 radical (unpaired) electrons. The molecule has 1 aromatic carbocycles. The highest BCUT2D eigenvalue weighted by Crippen LogP contribution is 2.30. The Hall–Kier alpha value is -1.84. The molecule has 4 heteroatoms. The van der Waals surface area contributed by atoms with Crippen LogP contribution in [0, 0.1) is 18.8 Å². The van der Waals surface area contributed by atoms with E-state index in [-0.39, 0.29) is 23.6 Å². The van der Waals surface area contributed by atoms with Crippen molar-refractivity contribution >= 4 is 11.8 Å². The maximum absolute atomic E-state index is 12.3. The minimum absolute atomic E-state index is 0.0846. The number of Topliss-reactive ketones (excluding diaryl/α,β-unsaturated/α-hetero) is 1. The Morgan fingerprint density at radius 2 is 1.86 bits per heavy atom. The van der Waals surface area contributed by atoms with E-state index in [4.69, 9.17) is 9.47 Å². The average molecular weight is 292 g/mol. The number of benzene rings is 1. The summed E-state index contributed by atoms with van der Waals surface area (Å²) in [5, 5.41) is 0. The summed E-state index contributed by atoms with van der Waals surface area (Å²) in [6.45, 7) is 7.39. The number of hydrogen-bond acceptors (Lipinski definition) is 4. The Morgan fingerprint density at radius 1 is 1.19 bits per heavy atom. The molecule has 0 fully saturated rings. The number of methoxy groups -OCH3 is 1. The molecule has 0 N–H and O–H groups in total. The lowest BCUT2D eigenvalue weighted by atomic mass is 9.90. The molecule has 0 aliphatic rings. The third-order valence-corrected chi connectivity index (χ3v) is 3.44. The van der Waals surface area contributed by atoms with Crippen LogP contribution in [0.25, 0.3) is 0 Å². The van der Waals surface area contributed by atoms with Gasteiger partial charge in [0.2, 0.25) is 0 Å². The number of aryl methyl sites for hydroxylation is 1. The molecule has 116 valence electrons. The summed E-state index contributed by atoms with van der Waals surface area (Å²) >= 11 is 0. The molecule has 1 aromatic rings. The van der Waals surface area contributed by atoms with Gasteiger partial charge in [0.05, 0.1) is 13.0 Å². The summed E-state index contributed by atoms with van der Waals surface area (Å²) in [7, 11) is 1.54. The van der Waals surface area contributed by atoms with Crippen molar-refractivity contribution in [3.8, 4) is 11.5 Å². The first kappa shape index (κ1) is 17.2. The number of carbonyl (C=O) groups excluding carboxylic acids is 2. The van der Waals surface area contributed by atoms with E-state index in [9.17, 15) is 9.59 Å². The molecule has 0 spiro atoms. The van der Waals surface area contributed by atoms with E-state index >= 15 is 0 Å². The maximum Gasteiger partial charge on any atom is 0.314 e. The number of hydrogen-bond donors (Lipinski definition) is 0. The first-order valence-corrected chi connectivity index (χ1v) is 7.21. The third kappa shape index (κ3) is 5.21. The molecule has 4 nitrogen and oxygen atoms in total. The van der Waals surface area contributed by atoms with Crippen LogP contribution < -0.4 is 9.47 Å². The fourth-order valence-corrected chi connectivity index (χ4v) is 2.13. The average Bonchev–Trinajstić information content (AvgIpc) is 2.40. The van der Waals surface area contributed by atoms with Gasteiger partial charge in [-0.2, -0.15) is 0 Å². The van der Waals surface area contributed by atoms with Crippen LogP contribution in [0.5, 0.6) is 11.5 Å². The van der Waals surface area contributed by atoms with Gasteiger partial charge in [-0.1, -0.05) is 19.9 Å². The normalized spacial score (nSPS) is 12.1. The second kappa shape index (κ2) is 7.81. The fraction of sp³-hybridized carbons (Fsp3) is 0.529. The SMILES string of the molecule is COc1cc(C)ccc1OC(=O)C(CCC(C)=O)C(C)C. The van der Waals surface area contributed by atoms with E-state index in [0.717, 1.165) is 5.56 Å². The molecule has 0 saturated heterocycles. The zero-order valence-corrected chi connectivity index (χ0v) is 13.4. The van der Waals surface area contributed by atoms with E-state index in [1.165, 1.54) is 6.92 Å². The quantitative estimate of drug-likeness (QED) is 0.569. The number of carbonyl (C=O) groups is 2. The highest BCUT2D eigenvalue weighted by atomic mass is 16.6. The van der Waals surface area contributed by atoms with Crippen molar-refractivity contribution in [2.24, 2.45) is 11.8 Å². The van der Waals surface area contributed by atoms with Crippen molar-refractivity contribution < 1.29 is 19.1 Å². The molecule has 0 aromatic heterocycles. The van der Waals surface area contributed by atoms with Gasteiger partial charge in [0.1, 0.15) is 5.78 Å². The molecule has 0 saturated carbocycles. The smallest absolute Gasteiger partial charge is 0.314 e. The molecule has 0 aliphatic carbocycles. The lowest BCUT2D eigenvalue weighted by Gasteiger charge is -2.19. The molecule has 0 amide bonds. The van der Waals surface area contributed by atoms with E-state index in [0.29, 0.717) is 24.3 Å². The monoisotopic (exact) mass is 292 g/mol. The first-order valence-electron chi connectivity index (χ1n) is 7.21. The van der Waals surface area contributed by atoms with E-state index in [1.807, 2.05) is 32.9 Å². The topological polar surface area (TPSA) is 52.6 Å². The van der Waals surface area contributed by atoms with Crippen LogP contribution in [-0.2, 0) is 9.59 Å². The lowest BCUT2D eigenvalue weighted by Crippen LogP contribution is -2.26. The summed E-state index contributed by atoms with van der Waals surface area (Å²) in [4.78, 5) is 23.4. The van der Waals surface area contributed by atoms with Crippen molar-refractivity contribution in [3.05, 3.63) is 23.8 Å². The molecule has 1 atom stereocenters. The van der Waals surface area contributed by atoms with Crippen LogP contribution >= 0.6 is 0 Å². The Balaban J connectivity index is 2.84. The van der Waals surface area contributed by atoms with Gasteiger partial charge >= 0.3 is 5.97 Å². The van der Waals surface area contributed by atoms with Crippen molar-refractivity contribution in [1.29, 1.82) is 0 Å². The Morgan fingerprint density at radius 3 is 2.38 bits per heavy atom. The summed E-state index contributed by atoms with van der Waals surface area (Å²) in [5.74, 6) is 0.557. The molecule has 21 heavy (non-hydrogen) atoms. The minimum Gasteiger partial charge on any atom is -0.493 e. The standard InChI is InChI=1S/C17H24O4/c1-11(2)14(8-7-13(4)18)17(19)21-15-9-6-12(3)10-16(15)20-5/h6,9-11,14H,7-8H2,1-5H3. The van der Waals surface area contributed by atoms with Crippen LogP contribution in [0.1, 0.15) is 39.2 Å². The van der Waals surface area contributed by atoms with Crippen molar-refractivity contribution in [1.82, 2.24) is 0 Å². The van der Waals surface area contributed by atoms with Crippen molar-refractivity contribution in [2.75, 3.05) is 7.11 Å². The predicted molar refractivity (Wildman–Crippen MR) is 81.6 cm³/mol. The number of rotatable bonds is 7. The summed E-state index contributed by atoms with van der Waals surface area (Å²) in [6.07, 6.45) is 0.906. The van der Waals surface area contributed by atoms with Gasteiger partial charge in [-0.15, -0.1) is 0 Å². The fourth-order valence-electron chi connectivity index (χ4n) is 2.13. The zero-order chi connectivity index (χ0) is 16.0. The van der Waals surface area contributed by atoms with E-state index in [1.54, 1.807) is 13.2 Å². The molecule has 1 unspecified atom stereocenters. The minimum atomic E-state index is -0.312. The van der Waals surface area contributed by atoms with Crippen LogP contribution in [0.3, 0.4) is 0 Å². The highest BCUT2D eigenvalue weighted by Gasteiger charge is 2.25. The van der Waals surface area contributed by atoms with E-state index in [2.05, 4.69) is 0 Å². The van der Waals surface area contributed by atoms with Gasteiger partial charge in [0.15, 0.2) is 11.5 Å². The number of ketones is 1. The van der Waals surface area contributed by atoms with Crippen LogP contribution in [0.2, 0.25) is 0 Å². The largest absolute Gasteiger partial charge is 0.493 e. The Bertz CT molecular complexity index is 506. The van der Waals surface area contributed by atoms with Crippen LogP contribution in [-0.4, -0.2) is 18.9 Å². The van der Waals surface area contributed by atoms with Crippen LogP contribution in [0.15, 0.2) is 18.2 Å². The van der Waals surface area contributed by atoms with E-state index < -0.39 is 0 Å². The molecular weight excluding hydrogens is 268 g/mol. The molecule has 0 bridgehead atoms. The van der Waals surface area contributed by atoms with Gasteiger partial charge in [-0.25, -0.2) is 0 Å². The summed E-state index contributed by atoms with van der Waals surface area (Å²) in [5.41, 5.74) is 1.03. The number of esters is 1. The zero-order valence-electron chi connectivity index (χ0n) is 13.4. The Labute approximate surface area is 126 Å². The number of ether oxygens (including phenoxy) is 2. The van der Waals surface area contributed by atoms with Gasteiger partial charge in [-0.05, 0) is 43.9 Å². The second-order valence-electron chi connectivity index (χ2n) is 5.67. The Kier molecular flexibility index (Phi) is 6.40. The van der Waals surface area contributed by atoms with Crippen LogP contribution in [0.4, 0.5) is 0 Å². The van der Waals surface area contributed by atoms with Gasteiger partial charge in [-0.3, -0.25) is 4.79 Å². The third-order valence-electron chi connectivity index (χ3n) is 3.44. The van der Waals surface area contributed by atoms with Gasteiger partial charge in [0.25, 0.3) is 0 Å².